The van der Waals surface area contributed by atoms with Gasteiger partial charge in [-0.2, -0.15) is 0 Å². The van der Waals surface area contributed by atoms with Gasteiger partial charge in [-0.05, 0) is 38.8 Å². The van der Waals surface area contributed by atoms with Gasteiger partial charge in [0.15, 0.2) is 5.96 Å². The van der Waals surface area contributed by atoms with Gasteiger partial charge in [-0.25, -0.2) is 0 Å². The van der Waals surface area contributed by atoms with Gasteiger partial charge in [0.05, 0.1) is 12.7 Å². The molecule has 0 radical (unpaired) electrons. The second kappa shape index (κ2) is 8.49. The summed E-state index contributed by atoms with van der Waals surface area (Å²) in [5, 5.41) is 6.76. The first-order valence-corrected chi connectivity index (χ1v) is 8.76. The minimum absolute atomic E-state index is 0.00326. The standard InChI is InChI=1S/C19H32N4O/c1-15-13-23(9-10-24-15)14-17-8-6-7-16(11-17)12-21-18(20-5)22-19(2,3)4/h6-8,11,15H,9-10,12-14H2,1-5H3,(H2,20,21,22). The number of rotatable bonds is 4. The molecule has 0 spiro atoms. The Labute approximate surface area is 146 Å². The number of aliphatic imine (C=N–C) groups is 1. The van der Waals surface area contributed by atoms with E-state index in [4.69, 9.17) is 4.74 Å². The van der Waals surface area contributed by atoms with E-state index in [0.29, 0.717) is 6.10 Å². The van der Waals surface area contributed by atoms with Gasteiger partial charge in [0.1, 0.15) is 0 Å². The fraction of sp³-hybridized carbons (Fsp3) is 0.632. The molecule has 0 saturated carbocycles. The van der Waals surface area contributed by atoms with Gasteiger partial charge in [0.2, 0.25) is 0 Å². The number of nitrogens with one attached hydrogen (secondary N) is 2. The van der Waals surface area contributed by atoms with Gasteiger partial charge in [-0.1, -0.05) is 24.3 Å². The van der Waals surface area contributed by atoms with Crippen LogP contribution in [0.1, 0.15) is 38.8 Å². The lowest BCUT2D eigenvalue weighted by atomic mass is 10.1. The molecule has 1 aliphatic rings. The lowest BCUT2D eigenvalue weighted by molar-refractivity contribution is -0.0212. The number of benzene rings is 1. The molecule has 1 aliphatic heterocycles. The summed E-state index contributed by atoms with van der Waals surface area (Å²) in [6, 6.07) is 8.77. The van der Waals surface area contributed by atoms with Crippen LogP contribution < -0.4 is 10.6 Å². The van der Waals surface area contributed by atoms with Gasteiger partial charge in [-0.15, -0.1) is 0 Å². The molecule has 1 unspecified atom stereocenters. The molecule has 0 amide bonds. The highest BCUT2D eigenvalue weighted by atomic mass is 16.5. The highest BCUT2D eigenvalue weighted by Crippen LogP contribution is 2.12. The largest absolute Gasteiger partial charge is 0.376 e. The van der Waals surface area contributed by atoms with E-state index in [0.717, 1.165) is 38.7 Å². The molecule has 24 heavy (non-hydrogen) atoms. The van der Waals surface area contributed by atoms with Crippen molar-refractivity contribution in [3.8, 4) is 0 Å². The molecule has 0 aromatic heterocycles. The molecule has 0 aliphatic carbocycles. The van der Waals surface area contributed by atoms with E-state index in [1.54, 1.807) is 7.05 Å². The number of ether oxygens (including phenoxy) is 1. The van der Waals surface area contributed by atoms with Crippen LogP contribution >= 0.6 is 0 Å². The SMILES string of the molecule is CN=C(NCc1cccc(CN2CCOC(C)C2)c1)NC(C)(C)C. The fourth-order valence-corrected chi connectivity index (χ4v) is 2.85. The second-order valence-electron chi connectivity index (χ2n) is 7.54. The normalized spacial score (nSPS) is 20.0. The van der Waals surface area contributed by atoms with E-state index in [-0.39, 0.29) is 5.54 Å². The summed E-state index contributed by atoms with van der Waals surface area (Å²) >= 11 is 0. The molecule has 1 atom stereocenters. The summed E-state index contributed by atoms with van der Waals surface area (Å²) in [7, 11) is 1.80. The van der Waals surface area contributed by atoms with Gasteiger partial charge in [0.25, 0.3) is 0 Å². The first kappa shape index (κ1) is 18.7. The van der Waals surface area contributed by atoms with Crippen molar-refractivity contribution in [2.75, 3.05) is 26.7 Å². The Kier molecular flexibility index (Phi) is 6.63. The van der Waals surface area contributed by atoms with Crippen molar-refractivity contribution < 1.29 is 4.74 Å². The second-order valence-corrected chi connectivity index (χ2v) is 7.54. The van der Waals surface area contributed by atoms with E-state index in [1.165, 1.54) is 11.1 Å². The minimum Gasteiger partial charge on any atom is -0.376 e. The van der Waals surface area contributed by atoms with E-state index in [2.05, 4.69) is 72.5 Å². The Morgan fingerprint density at radius 2 is 2.08 bits per heavy atom. The van der Waals surface area contributed by atoms with E-state index < -0.39 is 0 Å². The van der Waals surface area contributed by atoms with Gasteiger partial charge < -0.3 is 15.4 Å². The van der Waals surface area contributed by atoms with Crippen LogP contribution in [0.5, 0.6) is 0 Å². The van der Waals surface area contributed by atoms with Crippen LogP contribution in [-0.2, 0) is 17.8 Å². The monoisotopic (exact) mass is 332 g/mol. The van der Waals surface area contributed by atoms with Crippen molar-refractivity contribution in [3.63, 3.8) is 0 Å². The van der Waals surface area contributed by atoms with Crippen LogP contribution in [0.4, 0.5) is 0 Å². The molecule has 0 bridgehead atoms. The smallest absolute Gasteiger partial charge is 0.191 e. The van der Waals surface area contributed by atoms with Crippen LogP contribution in [0.2, 0.25) is 0 Å². The third-order valence-corrected chi connectivity index (χ3v) is 3.90. The summed E-state index contributed by atoms with van der Waals surface area (Å²) in [6.45, 7) is 13.1. The molecule has 1 aromatic carbocycles. The summed E-state index contributed by atoms with van der Waals surface area (Å²) in [4.78, 5) is 6.74. The Morgan fingerprint density at radius 3 is 2.75 bits per heavy atom. The lowest BCUT2D eigenvalue weighted by Gasteiger charge is -2.31. The quantitative estimate of drug-likeness (QED) is 0.656. The average molecular weight is 332 g/mol. The molecule has 134 valence electrons. The molecule has 2 rings (SSSR count). The van der Waals surface area contributed by atoms with E-state index in [1.807, 2.05) is 0 Å². The Balaban J connectivity index is 1.90. The Hall–Kier alpha value is -1.59. The predicted molar refractivity (Wildman–Crippen MR) is 100 cm³/mol. The van der Waals surface area contributed by atoms with Crippen molar-refractivity contribution >= 4 is 5.96 Å². The zero-order valence-corrected chi connectivity index (χ0v) is 15.7. The highest BCUT2D eigenvalue weighted by Gasteiger charge is 2.16. The summed E-state index contributed by atoms with van der Waals surface area (Å²) in [6.07, 6.45) is 0.329. The fourth-order valence-electron chi connectivity index (χ4n) is 2.85. The van der Waals surface area contributed by atoms with E-state index >= 15 is 0 Å². The number of nitrogens with zero attached hydrogens (tertiary/aromatic N) is 2. The zero-order chi connectivity index (χ0) is 17.6. The molecular formula is C19H32N4O. The third kappa shape index (κ3) is 6.49. The topological polar surface area (TPSA) is 48.9 Å². The van der Waals surface area contributed by atoms with Gasteiger partial charge in [0, 0.05) is 38.8 Å². The maximum absolute atomic E-state index is 5.61. The Morgan fingerprint density at radius 1 is 1.33 bits per heavy atom. The molecule has 5 heteroatoms. The van der Waals surface area contributed by atoms with Gasteiger partial charge in [-0.3, -0.25) is 9.89 Å². The van der Waals surface area contributed by atoms with Crippen LogP contribution in [0.25, 0.3) is 0 Å². The molecule has 1 saturated heterocycles. The van der Waals surface area contributed by atoms with Crippen molar-refractivity contribution in [2.45, 2.75) is 52.4 Å². The number of morpholine rings is 1. The molecule has 2 N–H and O–H groups in total. The number of hydrogen-bond donors (Lipinski definition) is 2. The van der Waals surface area contributed by atoms with E-state index in [9.17, 15) is 0 Å². The van der Waals surface area contributed by atoms with Crippen LogP contribution in [-0.4, -0.2) is 49.2 Å². The van der Waals surface area contributed by atoms with Crippen molar-refractivity contribution in [3.05, 3.63) is 35.4 Å². The van der Waals surface area contributed by atoms with Crippen LogP contribution in [0, 0.1) is 0 Å². The lowest BCUT2D eigenvalue weighted by Crippen LogP contribution is -2.47. The average Bonchev–Trinajstić information content (AvgIpc) is 2.51. The van der Waals surface area contributed by atoms with Crippen molar-refractivity contribution in [2.24, 2.45) is 4.99 Å². The predicted octanol–water partition coefficient (Wildman–Crippen LogP) is 2.37. The number of hydrogen-bond acceptors (Lipinski definition) is 3. The molecule has 5 nitrogen and oxygen atoms in total. The third-order valence-electron chi connectivity index (χ3n) is 3.90. The molecule has 1 aromatic rings. The zero-order valence-electron chi connectivity index (χ0n) is 15.7. The maximum Gasteiger partial charge on any atom is 0.191 e. The molecule has 1 heterocycles. The summed E-state index contributed by atoms with van der Waals surface area (Å²) < 4.78 is 5.61. The molecular weight excluding hydrogens is 300 g/mol. The molecule has 1 fully saturated rings. The minimum atomic E-state index is -0.00326. The van der Waals surface area contributed by atoms with Crippen molar-refractivity contribution in [1.29, 1.82) is 0 Å². The van der Waals surface area contributed by atoms with Crippen LogP contribution in [0.3, 0.4) is 0 Å². The van der Waals surface area contributed by atoms with Crippen molar-refractivity contribution in [1.82, 2.24) is 15.5 Å². The number of guanidine groups is 1. The Bertz CT molecular complexity index is 551. The van der Waals surface area contributed by atoms with Gasteiger partial charge >= 0.3 is 0 Å². The first-order chi connectivity index (χ1) is 11.4. The highest BCUT2D eigenvalue weighted by molar-refractivity contribution is 5.80. The maximum atomic E-state index is 5.61. The first-order valence-electron chi connectivity index (χ1n) is 8.76. The van der Waals surface area contributed by atoms with Crippen LogP contribution in [0.15, 0.2) is 29.3 Å². The summed E-state index contributed by atoms with van der Waals surface area (Å²) in [5.74, 6) is 0.829. The summed E-state index contributed by atoms with van der Waals surface area (Å²) in [5.41, 5.74) is 2.62.